The van der Waals surface area contributed by atoms with Crippen LogP contribution in [0.4, 0.5) is 0 Å². The molecule has 98 valence electrons. The van der Waals surface area contributed by atoms with E-state index >= 15 is 0 Å². The summed E-state index contributed by atoms with van der Waals surface area (Å²) in [5, 5.41) is 8.84. The first kappa shape index (κ1) is 11.3. The lowest BCUT2D eigenvalue weighted by molar-refractivity contribution is -0.107. The second-order valence-corrected chi connectivity index (χ2v) is 6.84. The molecule has 1 aromatic rings. The van der Waals surface area contributed by atoms with Crippen molar-refractivity contribution >= 4 is 0 Å². The fourth-order valence-electron chi connectivity index (χ4n) is 5.00. The van der Waals surface area contributed by atoms with Crippen molar-refractivity contribution in [3.05, 3.63) is 29.8 Å². The van der Waals surface area contributed by atoms with Gasteiger partial charge < -0.3 is 4.74 Å². The molecule has 4 fully saturated rings. The second kappa shape index (κ2) is 4.00. The molecule has 4 aliphatic carbocycles. The number of benzene rings is 1. The number of hydrogen-bond donors (Lipinski definition) is 0. The van der Waals surface area contributed by atoms with Crippen molar-refractivity contribution in [1.82, 2.24) is 0 Å². The molecule has 4 aliphatic rings. The molecule has 0 atom stereocenters. The van der Waals surface area contributed by atoms with Gasteiger partial charge >= 0.3 is 0 Å². The van der Waals surface area contributed by atoms with Crippen molar-refractivity contribution in [2.24, 2.45) is 17.8 Å². The maximum atomic E-state index is 8.84. The maximum Gasteiger partial charge on any atom is 0.120 e. The van der Waals surface area contributed by atoms with Crippen molar-refractivity contribution < 1.29 is 4.74 Å². The summed E-state index contributed by atoms with van der Waals surface area (Å²) in [5.41, 5.74) is 0.820. The average Bonchev–Trinajstić information content (AvgIpc) is 2.37. The predicted octanol–water partition coefficient (Wildman–Crippen LogP) is 3.91. The monoisotopic (exact) mass is 253 g/mol. The summed E-state index contributed by atoms with van der Waals surface area (Å²) in [6, 6.07) is 9.78. The molecule has 0 aromatic heterocycles. The molecule has 19 heavy (non-hydrogen) atoms. The first-order valence-corrected chi connectivity index (χ1v) is 7.44. The van der Waals surface area contributed by atoms with E-state index in [1.54, 1.807) is 0 Å². The summed E-state index contributed by atoms with van der Waals surface area (Å²) in [5.74, 6) is 3.67. The van der Waals surface area contributed by atoms with Gasteiger partial charge in [0.25, 0.3) is 0 Å². The van der Waals surface area contributed by atoms with E-state index in [2.05, 4.69) is 6.07 Å². The molecule has 0 radical (unpaired) electrons. The van der Waals surface area contributed by atoms with Crippen molar-refractivity contribution in [1.29, 1.82) is 5.26 Å². The molecule has 2 heteroatoms. The van der Waals surface area contributed by atoms with E-state index in [-0.39, 0.29) is 5.60 Å². The van der Waals surface area contributed by atoms with Crippen LogP contribution >= 0.6 is 0 Å². The summed E-state index contributed by atoms with van der Waals surface area (Å²) < 4.78 is 6.40. The first-order chi connectivity index (χ1) is 9.25. The van der Waals surface area contributed by atoms with E-state index < -0.39 is 0 Å². The fraction of sp³-hybridized carbons (Fsp3) is 0.588. The van der Waals surface area contributed by atoms with Gasteiger partial charge in [-0.15, -0.1) is 0 Å². The molecule has 4 saturated carbocycles. The summed E-state index contributed by atoms with van der Waals surface area (Å²) in [6.45, 7) is 0. The number of rotatable bonds is 2. The van der Waals surface area contributed by atoms with Gasteiger partial charge in [-0.2, -0.15) is 5.26 Å². The standard InChI is InChI=1S/C17H19NO/c18-11-12-1-3-16(4-2-12)19-17-8-13-5-14(9-17)7-15(6-13)10-17/h1-4,13-15H,5-10H2. The maximum absolute atomic E-state index is 8.84. The number of ether oxygens (including phenoxy) is 1. The van der Waals surface area contributed by atoms with Gasteiger partial charge in [0.1, 0.15) is 11.4 Å². The first-order valence-electron chi connectivity index (χ1n) is 7.44. The highest BCUT2D eigenvalue weighted by molar-refractivity contribution is 5.35. The molecule has 4 bridgehead atoms. The zero-order valence-corrected chi connectivity index (χ0v) is 11.1. The van der Waals surface area contributed by atoms with Gasteiger partial charge in [-0.05, 0) is 80.5 Å². The molecule has 0 amide bonds. The molecular weight excluding hydrogens is 234 g/mol. The van der Waals surface area contributed by atoms with E-state index in [1.807, 2.05) is 24.3 Å². The van der Waals surface area contributed by atoms with E-state index in [1.165, 1.54) is 38.5 Å². The zero-order chi connectivity index (χ0) is 12.9. The zero-order valence-electron chi connectivity index (χ0n) is 11.1. The van der Waals surface area contributed by atoms with Crippen LogP contribution in [0.15, 0.2) is 24.3 Å². The van der Waals surface area contributed by atoms with Crippen LogP contribution < -0.4 is 4.74 Å². The molecule has 2 nitrogen and oxygen atoms in total. The number of hydrogen-bond acceptors (Lipinski definition) is 2. The van der Waals surface area contributed by atoms with Crippen molar-refractivity contribution in [3.8, 4) is 11.8 Å². The molecule has 0 unspecified atom stereocenters. The molecule has 1 aromatic carbocycles. The Morgan fingerprint density at radius 3 is 1.95 bits per heavy atom. The van der Waals surface area contributed by atoms with Crippen molar-refractivity contribution in [2.75, 3.05) is 0 Å². The van der Waals surface area contributed by atoms with Crippen LogP contribution in [-0.4, -0.2) is 5.60 Å². The number of nitriles is 1. The van der Waals surface area contributed by atoms with Gasteiger partial charge in [0.2, 0.25) is 0 Å². The molecule has 5 rings (SSSR count). The molecule has 0 saturated heterocycles. The Labute approximate surface area is 114 Å². The summed E-state index contributed by atoms with van der Waals surface area (Å²) in [4.78, 5) is 0. The Morgan fingerprint density at radius 2 is 1.47 bits per heavy atom. The van der Waals surface area contributed by atoms with Gasteiger partial charge in [-0.25, -0.2) is 0 Å². The molecule has 0 heterocycles. The highest BCUT2D eigenvalue weighted by atomic mass is 16.5. The fourth-order valence-corrected chi connectivity index (χ4v) is 5.00. The Bertz CT molecular complexity index is 490. The summed E-state index contributed by atoms with van der Waals surface area (Å²) in [6.07, 6.45) is 8.07. The Morgan fingerprint density at radius 1 is 0.947 bits per heavy atom. The third-order valence-corrected chi connectivity index (χ3v) is 5.30. The molecular formula is C17H19NO. The van der Waals surface area contributed by atoms with Gasteiger partial charge in [0, 0.05) is 0 Å². The third-order valence-electron chi connectivity index (χ3n) is 5.30. The Hall–Kier alpha value is -1.49. The van der Waals surface area contributed by atoms with Gasteiger partial charge in [0.05, 0.1) is 11.6 Å². The minimum absolute atomic E-state index is 0.114. The van der Waals surface area contributed by atoms with Gasteiger partial charge in [-0.1, -0.05) is 0 Å². The lowest BCUT2D eigenvalue weighted by Crippen LogP contribution is -2.53. The van der Waals surface area contributed by atoms with Gasteiger partial charge in [0.15, 0.2) is 0 Å². The second-order valence-electron chi connectivity index (χ2n) is 6.84. The van der Waals surface area contributed by atoms with Crippen LogP contribution in [0.2, 0.25) is 0 Å². The highest BCUT2D eigenvalue weighted by Gasteiger charge is 2.52. The van der Waals surface area contributed by atoms with Crippen LogP contribution in [-0.2, 0) is 0 Å². The van der Waals surface area contributed by atoms with Crippen LogP contribution in [0.1, 0.15) is 44.1 Å². The minimum Gasteiger partial charge on any atom is -0.487 e. The van der Waals surface area contributed by atoms with Crippen LogP contribution in [0, 0.1) is 29.1 Å². The molecule has 0 N–H and O–H groups in total. The Balaban J connectivity index is 1.57. The van der Waals surface area contributed by atoms with Crippen LogP contribution in [0.3, 0.4) is 0 Å². The predicted molar refractivity (Wildman–Crippen MR) is 72.7 cm³/mol. The van der Waals surface area contributed by atoms with Crippen LogP contribution in [0.5, 0.6) is 5.75 Å². The Kier molecular flexibility index (Phi) is 2.39. The minimum atomic E-state index is 0.114. The smallest absolute Gasteiger partial charge is 0.120 e. The highest BCUT2D eigenvalue weighted by Crippen LogP contribution is 2.56. The summed E-state index contributed by atoms with van der Waals surface area (Å²) >= 11 is 0. The normalized spacial score (nSPS) is 39.0. The average molecular weight is 253 g/mol. The van der Waals surface area contributed by atoms with E-state index in [9.17, 15) is 0 Å². The quantitative estimate of drug-likeness (QED) is 0.800. The lowest BCUT2D eigenvalue weighted by Gasteiger charge is -2.56. The van der Waals surface area contributed by atoms with Crippen molar-refractivity contribution in [3.63, 3.8) is 0 Å². The van der Waals surface area contributed by atoms with Gasteiger partial charge in [-0.3, -0.25) is 0 Å². The van der Waals surface area contributed by atoms with E-state index in [0.717, 1.165) is 23.5 Å². The largest absolute Gasteiger partial charge is 0.487 e. The van der Waals surface area contributed by atoms with Crippen molar-refractivity contribution in [2.45, 2.75) is 44.1 Å². The molecule has 0 spiro atoms. The van der Waals surface area contributed by atoms with E-state index in [4.69, 9.17) is 10.00 Å². The lowest BCUT2D eigenvalue weighted by atomic mass is 9.54. The topological polar surface area (TPSA) is 33.0 Å². The molecule has 0 aliphatic heterocycles. The van der Waals surface area contributed by atoms with E-state index in [0.29, 0.717) is 5.56 Å². The number of nitrogens with zero attached hydrogens (tertiary/aromatic N) is 1. The van der Waals surface area contributed by atoms with Crippen LogP contribution in [0.25, 0.3) is 0 Å². The summed E-state index contributed by atoms with van der Waals surface area (Å²) in [7, 11) is 0. The SMILES string of the molecule is N#Cc1ccc(OC23CC4CC(CC(C4)C2)C3)cc1. The third kappa shape index (κ3) is 1.92.